The maximum atomic E-state index is 13.3. The molecule has 166 valence electrons. The van der Waals surface area contributed by atoms with E-state index in [0.717, 1.165) is 0 Å². The van der Waals surface area contributed by atoms with Crippen LogP contribution >= 0.6 is 0 Å². The summed E-state index contributed by atoms with van der Waals surface area (Å²) in [7, 11) is -2.27. The van der Waals surface area contributed by atoms with Crippen LogP contribution in [-0.2, 0) is 17.1 Å². The smallest absolute Gasteiger partial charge is 0.280 e. The molecule has 0 radical (unpaired) electrons. The van der Waals surface area contributed by atoms with Crippen LogP contribution in [0.15, 0.2) is 83.7 Å². The van der Waals surface area contributed by atoms with E-state index in [4.69, 9.17) is 0 Å². The third-order valence-corrected chi connectivity index (χ3v) is 6.13. The second kappa shape index (κ2) is 7.67. The molecule has 2 aliphatic heterocycles. The minimum atomic E-state index is -3.95. The van der Waals surface area contributed by atoms with Crippen LogP contribution in [0.25, 0.3) is 5.70 Å². The molecule has 0 aliphatic carbocycles. The number of nitrogens with zero attached hydrogens (tertiary/aromatic N) is 4. The van der Waals surface area contributed by atoms with Gasteiger partial charge >= 0.3 is 0 Å². The third kappa shape index (κ3) is 3.45. The fraction of sp³-hybridized carbons (Fsp3) is 0.0500. The molecule has 10 nitrogen and oxygen atoms in total. The van der Waals surface area contributed by atoms with E-state index in [1.807, 2.05) is 0 Å². The minimum Gasteiger partial charge on any atom is -0.492 e. The molecule has 3 aromatic rings. The summed E-state index contributed by atoms with van der Waals surface area (Å²) < 4.78 is 43.1. The largest absolute Gasteiger partial charge is 0.492 e. The van der Waals surface area contributed by atoms with Crippen LogP contribution in [0, 0.1) is 5.82 Å². The Balaban J connectivity index is 0.00000245. The molecule has 3 heterocycles. The normalized spacial score (nSPS) is 15.1. The van der Waals surface area contributed by atoms with Crippen molar-refractivity contribution in [2.45, 2.75) is 5.03 Å². The summed E-state index contributed by atoms with van der Waals surface area (Å²) in [5.41, 5.74) is 5.36. The number of aromatic nitrogens is 2. The van der Waals surface area contributed by atoms with E-state index in [9.17, 15) is 17.9 Å². The van der Waals surface area contributed by atoms with Gasteiger partial charge < -0.3 is 15.1 Å². The van der Waals surface area contributed by atoms with Crippen LogP contribution in [-0.4, -0.2) is 28.6 Å². The zero-order valence-electron chi connectivity index (χ0n) is 16.7. The van der Waals surface area contributed by atoms with Gasteiger partial charge in [-0.3, -0.25) is 9.73 Å². The van der Waals surface area contributed by atoms with Crippen molar-refractivity contribution < 1.29 is 23.4 Å². The maximum absolute atomic E-state index is 13.3. The Hall–Kier alpha value is -3.87. The van der Waals surface area contributed by atoms with Gasteiger partial charge in [-0.25, -0.2) is 14.4 Å². The summed E-state index contributed by atoms with van der Waals surface area (Å²) in [6.07, 6.45) is 4.32. The van der Waals surface area contributed by atoms with Gasteiger partial charge in [-0.15, -0.1) is 5.53 Å². The third-order valence-electron chi connectivity index (χ3n) is 4.88. The van der Waals surface area contributed by atoms with Crippen LogP contribution in [0.2, 0.25) is 0 Å². The molecule has 0 saturated carbocycles. The molecule has 0 amide bonds. The lowest BCUT2D eigenvalue weighted by Gasteiger charge is -2.29. The number of rotatable bonds is 4. The number of benzene rings is 2. The van der Waals surface area contributed by atoms with Crippen LogP contribution in [0.4, 0.5) is 15.8 Å². The van der Waals surface area contributed by atoms with E-state index in [0.29, 0.717) is 22.6 Å². The van der Waals surface area contributed by atoms with E-state index < -0.39 is 15.8 Å². The molecule has 0 unspecified atom stereocenters. The number of aryl methyl sites for hydroxylation is 1. The van der Waals surface area contributed by atoms with Crippen molar-refractivity contribution in [1.29, 1.82) is 0 Å². The number of aliphatic hydroxyl groups is 1. The van der Waals surface area contributed by atoms with Crippen molar-refractivity contribution in [2.75, 3.05) is 10.0 Å². The zero-order chi connectivity index (χ0) is 21.8. The summed E-state index contributed by atoms with van der Waals surface area (Å²) >= 11 is 0. The highest BCUT2D eigenvalue weighted by molar-refractivity contribution is 7.89. The average molecular weight is 458 g/mol. The highest BCUT2D eigenvalue weighted by Crippen LogP contribution is 2.39. The lowest BCUT2D eigenvalue weighted by atomic mass is 10.0. The molecule has 32 heavy (non-hydrogen) atoms. The molecule has 0 atom stereocenters. The minimum absolute atomic E-state index is 0. The van der Waals surface area contributed by atoms with Crippen LogP contribution in [0.3, 0.4) is 0 Å². The van der Waals surface area contributed by atoms with Crippen molar-refractivity contribution in [2.24, 2.45) is 7.05 Å². The Kier molecular flexibility index (Phi) is 5.12. The van der Waals surface area contributed by atoms with Gasteiger partial charge in [0.05, 0.1) is 23.4 Å². The van der Waals surface area contributed by atoms with Crippen LogP contribution < -0.4 is 20.3 Å². The molecule has 5 N–H and O–H groups in total. The van der Waals surface area contributed by atoms with Crippen molar-refractivity contribution >= 4 is 27.1 Å². The number of nitrogens with one attached hydrogen (secondary N) is 2. The predicted molar refractivity (Wildman–Crippen MR) is 116 cm³/mol. The van der Waals surface area contributed by atoms with Crippen molar-refractivity contribution in [3.05, 3.63) is 90.1 Å². The molecular formula is C20H19FN6O4S. The number of aliphatic hydroxyl groups excluding tert-OH is 1. The Morgan fingerprint density at radius 2 is 1.81 bits per heavy atom. The van der Waals surface area contributed by atoms with E-state index in [2.05, 4.69) is 15.2 Å². The van der Waals surface area contributed by atoms with Crippen molar-refractivity contribution in [3.8, 4) is 0 Å². The number of fused-ring (bicyclic) bond motifs is 3. The number of anilines is 2. The van der Waals surface area contributed by atoms with Gasteiger partial charge in [0.1, 0.15) is 11.5 Å². The average Bonchev–Trinajstić information content (AvgIpc) is 3.33. The molecular weight excluding hydrogens is 439 g/mol. The number of hydrazine groups is 2. The van der Waals surface area contributed by atoms with E-state index in [1.54, 1.807) is 36.3 Å². The number of imidazole rings is 1. The number of para-hydroxylation sites is 1. The lowest BCUT2D eigenvalue weighted by molar-refractivity contribution is 0.388. The van der Waals surface area contributed by atoms with Crippen LogP contribution in [0.1, 0.15) is 5.56 Å². The fourth-order valence-corrected chi connectivity index (χ4v) is 4.47. The summed E-state index contributed by atoms with van der Waals surface area (Å²) in [5.74, 6) is -0.570. The Bertz CT molecular complexity index is 1350. The number of halogens is 1. The summed E-state index contributed by atoms with van der Waals surface area (Å²) in [6, 6.07) is 12.7. The first kappa shape index (κ1) is 21.4. The molecule has 5 rings (SSSR count). The Morgan fingerprint density at radius 1 is 1.09 bits per heavy atom. The van der Waals surface area contributed by atoms with E-state index in [1.165, 1.54) is 52.4 Å². The number of hydrogen-bond acceptors (Lipinski definition) is 7. The second-order valence-electron chi connectivity index (χ2n) is 7.01. The van der Waals surface area contributed by atoms with E-state index in [-0.39, 0.29) is 22.1 Å². The van der Waals surface area contributed by atoms with Gasteiger partial charge in [0, 0.05) is 18.8 Å². The van der Waals surface area contributed by atoms with Crippen LogP contribution in [0.5, 0.6) is 0 Å². The first-order valence-electron chi connectivity index (χ1n) is 9.21. The highest BCUT2D eigenvalue weighted by atomic mass is 32.2. The second-order valence-corrected chi connectivity index (χ2v) is 8.64. The standard InChI is InChI=1S/C20H17FN6O3S.H2O/c1-25-11-19(22-12-25)31(29,30)23-16-10-18-20(28)26(14-8-6-13(21)7-9-14)24-27(18)17-5-3-2-4-15(16)17;/h2-12,23-24,28H,1H3;1H2. The Labute approximate surface area is 182 Å². The number of hydrogen-bond donors (Lipinski definition) is 3. The van der Waals surface area contributed by atoms with Gasteiger partial charge in [-0.1, -0.05) is 18.2 Å². The molecule has 2 aromatic carbocycles. The number of sulfonamides is 1. The fourth-order valence-electron chi connectivity index (χ4n) is 3.42. The quantitative estimate of drug-likeness (QED) is 0.540. The summed E-state index contributed by atoms with van der Waals surface area (Å²) in [6.45, 7) is 0. The monoisotopic (exact) mass is 458 g/mol. The van der Waals surface area contributed by atoms with Gasteiger partial charge in [0.15, 0.2) is 5.03 Å². The highest BCUT2D eigenvalue weighted by Gasteiger charge is 2.35. The predicted octanol–water partition coefficient (Wildman–Crippen LogP) is 1.54. The summed E-state index contributed by atoms with van der Waals surface area (Å²) in [5, 5.41) is 13.7. The molecule has 0 spiro atoms. The molecule has 1 aromatic heterocycles. The molecule has 2 aliphatic rings. The molecule has 12 heteroatoms. The lowest BCUT2D eigenvalue weighted by Crippen LogP contribution is -2.43. The first-order chi connectivity index (χ1) is 14.8. The Morgan fingerprint density at radius 3 is 2.50 bits per heavy atom. The SMILES string of the molecule is Cn1cnc(S(=O)(=O)NC2=CC3=C(O)N(c4ccc(F)cc4)NN3c3ccccc32)c1.O. The molecule has 0 bridgehead atoms. The van der Waals surface area contributed by atoms with E-state index >= 15 is 0 Å². The first-order valence-corrected chi connectivity index (χ1v) is 10.7. The van der Waals surface area contributed by atoms with Crippen molar-refractivity contribution in [1.82, 2.24) is 19.8 Å². The van der Waals surface area contributed by atoms with Gasteiger partial charge in [-0.05, 0) is 36.4 Å². The van der Waals surface area contributed by atoms with Crippen molar-refractivity contribution in [3.63, 3.8) is 0 Å². The number of allylic oxidation sites excluding steroid dienone is 1. The van der Waals surface area contributed by atoms with Gasteiger partial charge in [-0.2, -0.15) is 8.42 Å². The molecule has 0 fully saturated rings. The molecule has 0 saturated heterocycles. The van der Waals surface area contributed by atoms with Gasteiger partial charge in [0.25, 0.3) is 10.0 Å². The topological polar surface area (TPSA) is 134 Å². The maximum Gasteiger partial charge on any atom is 0.280 e. The van der Waals surface area contributed by atoms with Gasteiger partial charge in [0.2, 0.25) is 5.88 Å². The summed E-state index contributed by atoms with van der Waals surface area (Å²) in [4.78, 5) is 3.91. The zero-order valence-corrected chi connectivity index (χ0v) is 17.5.